The van der Waals surface area contributed by atoms with E-state index in [9.17, 15) is 0 Å². The standard InChI is InChI=1S/C15H22N2/c1-11(2)9-16-12(3)8-13-10-17-15-7-5-4-6-14(13)15/h4-7,10-12,16-17H,8-9H2,1-3H3/t12-/m1/s1. The Hall–Kier alpha value is -1.28. The summed E-state index contributed by atoms with van der Waals surface area (Å²) in [5.41, 5.74) is 2.64. The molecule has 0 amide bonds. The Balaban J connectivity index is 2.03. The van der Waals surface area contributed by atoms with Crippen LogP contribution in [0.25, 0.3) is 10.9 Å². The van der Waals surface area contributed by atoms with Crippen LogP contribution in [-0.2, 0) is 6.42 Å². The Morgan fingerprint density at radius 1 is 1.18 bits per heavy atom. The van der Waals surface area contributed by atoms with E-state index in [2.05, 4.69) is 61.5 Å². The predicted octanol–water partition coefficient (Wildman–Crippen LogP) is 3.34. The zero-order valence-corrected chi connectivity index (χ0v) is 11.0. The number of nitrogens with one attached hydrogen (secondary N) is 2. The number of hydrogen-bond acceptors (Lipinski definition) is 1. The fourth-order valence-corrected chi connectivity index (χ4v) is 2.14. The summed E-state index contributed by atoms with van der Waals surface area (Å²) in [4.78, 5) is 3.33. The van der Waals surface area contributed by atoms with E-state index < -0.39 is 0 Å². The second-order valence-corrected chi connectivity index (χ2v) is 5.27. The molecule has 2 nitrogen and oxygen atoms in total. The molecule has 17 heavy (non-hydrogen) atoms. The molecule has 0 aliphatic heterocycles. The van der Waals surface area contributed by atoms with Crippen LogP contribution >= 0.6 is 0 Å². The summed E-state index contributed by atoms with van der Waals surface area (Å²) in [7, 11) is 0. The summed E-state index contributed by atoms with van der Waals surface area (Å²) in [5, 5.41) is 4.92. The lowest BCUT2D eigenvalue weighted by molar-refractivity contribution is 0.483. The van der Waals surface area contributed by atoms with Gasteiger partial charge in [0.2, 0.25) is 0 Å². The predicted molar refractivity (Wildman–Crippen MR) is 74.3 cm³/mol. The first-order valence-corrected chi connectivity index (χ1v) is 6.45. The highest BCUT2D eigenvalue weighted by Gasteiger charge is 2.08. The van der Waals surface area contributed by atoms with Gasteiger partial charge in [0.1, 0.15) is 0 Å². The molecule has 1 aromatic carbocycles. The quantitative estimate of drug-likeness (QED) is 0.810. The highest BCUT2D eigenvalue weighted by molar-refractivity contribution is 5.83. The SMILES string of the molecule is CC(C)CN[C@H](C)Cc1c[nH]c2ccccc12. The fraction of sp³-hybridized carbons (Fsp3) is 0.467. The lowest BCUT2D eigenvalue weighted by Gasteiger charge is -2.15. The largest absolute Gasteiger partial charge is 0.361 e. The van der Waals surface area contributed by atoms with Crippen LogP contribution in [0.4, 0.5) is 0 Å². The molecule has 92 valence electrons. The first-order chi connectivity index (χ1) is 8.16. The minimum Gasteiger partial charge on any atom is -0.361 e. The summed E-state index contributed by atoms with van der Waals surface area (Å²) in [5.74, 6) is 0.709. The molecule has 0 saturated heterocycles. The Bertz CT molecular complexity index is 470. The number of H-pyrrole nitrogens is 1. The topological polar surface area (TPSA) is 27.8 Å². The third-order valence-electron chi connectivity index (χ3n) is 3.08. The van der Waals surface area contributed by atoms with Crippen molar-refractivity contribution >= 4 is 10.9 Å². The van der Waals surface area contributed by atoms with Gasteiger partial charge >= 0.3 is 0 Å². The Morgan fingerprint density at radius 3 is 2.71 bits per heavy atom. The lowest BCUT2D eigenvalue weighted by atomic mass is 10.1. The minimum atomic E-state index is 0.525. The van der Waals surface area contributed by atoms with Crippen LogP contribution < -0.4 is 5.32 Å². The van der Waals surface area contributed by atoms with E-state index in [1.54, 1.807) is 0 Å². The summed E-state index contributed by atoms with van der Waals surface area (Å²) in [6.07, 6.45) is 3.22. The molecule has 1 aromatic heterocycles. The molecule has 0 bridgehead atoms. The van der Waals surface area contributed by atoms with Gasteiger partial charge in [0.15, 0.2) is 0 Å². The number of aromatic amines is 1. The van der Waals surface area contributed by atoms with E-state index in [0.29, 0.717) is 12.0 Å². The molecule has 0 radical (unpaired) electrons. The normalized spacial score (nSPS) is 13.4. The number of rotatable bonds is 5. The molecule has 2 aromatic rings. The summed E-state index contributed by atoms with van der Waals surface area (Å²) < 4.78 is 0. The van der Waals surface area contributed by atoms with Gasteiger partial charge in [0.05, 0.1) is 0 Å². The van der Waals surface area contributed by atoms with Crippen LogP contribution in [0.5, 0.6) is 0 Å². The maximum atomic E-state index is 3.57. The van der Waals surface area contributed by atoms with Gasteiger partial charge in [-0.05, 0) is 37.4 Å². The van der Waals surface area contributed by atoms with Crippen LogP contribution in [0, 0.1) is 5.92 Å². The zero-order valence-electron chi connectivity index (χ0n) is 11.0. The third-order valence-corrected chi connectivity index (χ3v) is 3.08. The van der Waals surface area contributed by atoms with E-state index in [-0.39, 0.29) is 0 Å². The first kappa shape index (κ1) is 12.2. The summed E-state index contributed by atoms with van der Waals surface area (Å²) in [6, 6.07) is 9.02. The number of para-hydroxylation sites is 1. The molecule has 0 aliphatic rings. The van der Waals surface area contributed by atoms with Crippen LogP contribution in [0.3, 0.4) is 0 Å². The second kappa shape index (κ2) is 5.37. The molecule has 1 heterocycles. The number of benzene rings is 1. The van der Waals surface area contributed by atoms with Gasteiger partial charge < -0.3 is 10.3 Å². The van der Waals surface area contributed by atoms with Crippen molar-refractivity contribution in [2.75, 3.05) is 6.54 Å². The molecular formula is C15H22N2. The van der Waals surface area contributed by atoms with E-state index in [4.69, 9.17) is 0 Å². The van der Waals surface area contributed by atoms with Gasteiger partial charge in [-0.2, -0.15) is 0 Å². The molecule has 0 spiro atoms. The molecule has 2 N–H and O–H groups in total. The maximum Gasteiger partial charge on any atom is 0.0456 e. The van der Waals surface area contributed by atoms with E-state index in [0.717, 1.165) is 13.0 Å². The molecule has 0 saturated carbocycles. The van der Waals surface area contributed by atoms with Crippen LogP contribution in [0.1, 0.15) is 26.3 Å². The summed E-state index contributed by atoms with van der Waals surface area (Å²) >= 11 is 0. The van der Waals surface area contributed by atoms with Crippen LogP contribution in [0.15, 0.2) is 30.5 Å². The van der Waals surface area contributed by atoms with E-state index >= 15 is 0 Å². The minimum absolute atomic E-state index is 0.525. The molecule has 2 rings (SSSR count). The fourth-order valence-electron chi connectivity index (χ4n) is 2.14. The van der Waals surface area contributed by atoms with Crippen molar-refractivity contribution in [1.29, 1.82) is 0 Å². The third kappa shape index (κ3) is 3.10. The van der Waals surface area contributed by atoms with Crippen LogP contribution in [-0.4, -0.2) is 17.6 Å². The Labute approximate surface area is 103 Å². The first-order valence-electron chi connectivity index (χ1n) is 6.45. The van der Waals surface area contributed by atoms with E-state index in [1.165, 1.54) is 16.5 Å². The van der Waals surface area contributed by atoms with Crippen molar-refractivity contribution in [1.82, 2.24) is 10.3 Å². The van der Waals surface area contributed by atoms with Gasteiger partial charge in [0.25, 0.3) is 0 Å². The van der Waals surface area contributed by atoms with E-state index in [1.807, 2.05) is 0 Å². The van der Waals surface area contributed by atoms with Gasteiger partial charge in [-0.15, -0.1) is 0 Å². The smallest absolute Gasteiger partial charge is 0.0456 e. The van der Waals surface area contributed by atoms with Gasteiger partial charge in [-0.1, -0.05) is 32.0 Å². The van der Waals surface area contributed by atoms with Gasteiger partial charge in [0, 0.05) is 23.1 Å². The average molecular weight is 230 g/mol. The molecule has 2 heteroatoms. The number of hydrogen-bond donors (Lipinski definition) is 2. The van der Waals surface area contributed by atoms with Gasteiger partial charge in [-0.25, -0.2) is 0 Å². The molecule has 0 unspecified atom stereocenters. The second-order valence-electron chi connectivity index (χ2n) is 5.27. The van der Waals surface area contributed by atoms with Crippen LogP contribution in [0.2, 0.25) is 0 Å². The maximum absolute atomic E-state index is 3.57. The average Bonchev–Trinajstić information content (AvgIpc) is 2.70. The number of fused-ring (bicyclic) bond motifs is 1. The molecule has 0 fully saturated rings. The molecule has 0 aliphatic carbocycles. The Kier molecular flexibility index (Phi) is 3.85. The lowest BCUT2D eigenvalue weighted by Crippen LogP contribution is -2.31. The highest BCUT2D eigenvalue weighted by Crippen LogP contribution is 2.18. The molecule has 1 atom stereocenters. The summed E-state index contributed by atoms with van der Waals surface area (Å²) in [6.45, 7) is 7.82. The number of aromatic nitrogens is 1. The van der Waals surface area contributed by atoms with Crippen molar-refractivity contribution in [3.63, 3.8) is 0 Å². The van der Waals surface area contributed by atoms with Crippen molar-refractivity contribution in [3.8, 4) is 0 Å². The van der Waals surface area contributed by atoms with Crippen molar-refractivity contribution in [2.24, 2.45) is 5.92 Å². The highest BCUT2D eigenvalue weighted by atomic mass is 14.9. The van der Waals surface area contributed by atoms with Crippen molar-refractivity contribution in [3.05, 3.63) is 36.0 Å². The molecular weight excluding hydrogens is 208 g/mol. The zero-order chi connectivity index (χ0) is 12.3. The van der Waals surface area contributed by atoms with Crippen molar-refractivity contribution < 1.29 is 0 Å². The monoisotopic (exact) mass is 230 g/mol. The van der Waals surface area contributed by atoms with Crippen molar-refractivity contribution in [2.45, 2.75) is 33.2 Å². The Morgan fingerprint density at radius 2 is 1.94 bits per heavy atom. The van der Waals surface area contributed by atoms with Gasteiger partial charge in [-0.3, -0.25) is 0 Å².